The Balaban J connectivity index is 2.12. The number of ketones is 2. The van der Waals surface area contributed by atoms with Crippen LogP contribution < -0.4 is 0 Å². The first-order valence-electron chi connectivity index (χ1n) is 8.90. The summed E-state index contributed by atoms with van der Waals surface area (Å²) >= 11 is 0. The molecule has 0 radical (unpaired) electrons. The molecule has 1 saturated heterocycles. The Bertz CT molecular complexity index is 657. The van der Waals surface area contributed by atoms with Crippen molar-refractivity contribution in [1.29, 1.82) is 0 Å². The first-order chi connectivity index (χ1) is 11.0. The minimum absolute atomic E-state index is 0.0390. The number of hydrogen-bond acceptors (Lipinski definition) is 4. The van der Waals surface area contributed by atoms with Gasteiger partial charge in [-0.3, -0.25) is 9.59 Å². The number of rotatable bonds is 0. The van der Waals surface area contributed by atoms with Crippen LogP contribution >= 0.6 is 0 Å². The molecule has 1 fully saturated rings. The quantitative estimate of drug-likeness (QED) is 0.740. The summed E-state index contributed by atoms with van der Waals surface area (Å²) in [6, 6.07) is 0. The molecule has 2 aliphatic heterocycles. The number of carbonyl (C=O) groups excluding carboxylic acids is 2. The lowest BCUT2D eigenvalue weighted by molar-refractivity contribution is -0.135. The molecule has 3 aliphatic rings. The number of hydrogen-bond donors (Lipinski definition) is 1. The van der Waals surface area contributed by atoms with Gasteiger partial charge in [-0.05, 0) is 62.7 Å². The molecule has 24 heavy (non-hydrogen) atoms. The number of carbonyl (C=O) groups is 2. The normalized spacial score (nSPS) is 42.2. The van der Waals surface area contributed by atoms with Crippen LogP contribution in [0.15, 0.2) is 23.3 Å². The standard InChI is InChI=1S/C20H28O4/c1-12-6-8-18(3,4)15-7-9-19(5,24-15)11-14-16(21)13(2)10-20(14,23)17(12)22/h10-12,15,23H,6-9H2,1-5H3. The number of fused-ring (bicyclic) bond motifs is 3. The van der Waals surface area contributed by atoms with Crippen LogP contribution in [-0.4, -0.2) is 34.0 Å². The molecule has 4 unspecified atom stereocenters. The van der Waals surface area contributed by atoms with E-state index in [1.165, 1.54) is 6.08 Å². The third kappa shape index (κ3) is 2.60. The van der Waals surface area contributed by atoms with E-state index in [2.05, 4.69) is 13.8 Å². The van der Waals surface area contributed by atoms with E-state index < -0.39 is 11.2 Å². The topological polar surface area (TPSA) is 63.6 Å². The second kappa shape index (κ2) is 5.37. The summed E-state index contributed by atoms with van der Waals surface area (Å²) in [5, 5.41) is 11.1. The van der Waals surface area contributed by atoms with Crippen LogP contribution in [0.5, 0.6) is 0 Å². The van der Waals surface area contributed by atoms with Crippen LogP contribution in [0.1, 0.15) is 60.3 Å². The van der Waals surface area contributed by atoms with Gasteiger partial charge in [0.05, 0.1) is 11.7 Å². The molecule has 0 aromatic carbocycles. The molecule has 4 nitrogen and oxygen atoms in total. The van der Waals surface area contributed by atoms with E-state index in [9.17, 15) is 14.7 Å². The minimum Gasteiger partial charge on any atom is -0.373 e. The van der Waals surface area contributed by atoms with Crippen molar-refractivity contribution >= 4 is 11.6 Å². The molecule has 0 saturated carbocycles. The second-order valence-electron chi connectivity index (χ2n) is 8.73. The highest BCUT2D eigenvalue weighted by Crippen LogP contribution is 2.46. The van der Waals surface area contributed by atoms with E-state index in [1.54, 1.807) is 13.0 Å². The van der Waals surface area contributed by atoms with Gasteiger partial charge in [0.1, 0.15) is 0 Å². The number of ether oxygens (including phenoxy) is 1. The molecule has 0 spiro atoms. The monoisotopic (exact) mass is 332 g/mol. The summed E-state index contributed by atoms with van der Waals surface area (Å²) in [6.07, 6.45) is 6.48. The van der Waals surface area contributed by atoms with Gasteiger partial charge >= 0.3 is 0 Å². The molecule has 2 heterocycles. The summed E-state index contributed by atoms with van der Waals surface area (Å²) in [4.78, 5) is 25.5. The highest BCUT2D eigenvalue weighted by atomic mass is 16.5. The van der Waals surface area contributed by atoms with E-state index in [4.69, 9.17) is 4.74 Å². The van der Waals surface area contributed by atoms with Crippen molar-refractivity contribution in [2.75, 3.05) is 0 Å². The number of allylic oxidation sites excluding steroid dienone is 1. The molecular formula is C20H28O4. The van der Waals surface area contributed by atoms with Gasteiger partial charge in [0.25, 0.3) is 0 Å². The molecule has 0 amide bonds. The average molecular weight is 332 g/mol. The van der Waals surface area contributed by atoms with E-state index >= 15 is 0 Å². The Morgan fingerprint density at radius 1 is 1.12 bits per heavy atom. The maximum Gasteiger partial charge on any atom is 0.188 e. The number of aliphatic hydroxyl groups is 1. The van der Waals surface area contributed by atoms with Crippen LogP contribution in [0.25, 0.3) is 0 Å². The maximum atomic E-state index is 13.0. The first-order valence-corrected chi connectivity index (χ1v) is 8.90. The van der Waals surface area contributed by atoms with Gasteiger partial charge in [-0.2, -0.15) is 0 Å². The van der Waals surface area contributed by atoms with Crippen LogP contribution in [0.3, 0.4) is 0 Å². The lowest BCUT2D eigenvalue weighted by atomic mass is 9.75. The van der Waals surface area contributed by atoms with Crippen molar-refractivity contribution in [2.24, 2.45) is 11.3 Å². The van der Waals surface area contributed by atoms with E-state index in [-0.39, 0.29) is 34.6 Å². The summed E-state index contributed by atoms with van der Waals surface area (Å²) in [7, 11) is 0. The van der Waals surface area contributed by atoms with Gasteiger partial charge in [-0.25, -0.2) is 0 Å². The zero-order valence-electron chi connectivity index (χ0n) is 15.3. The van der Waals surface area contributed by atoms with Crippen molar-refractivity contribution in [1.82, 2.24) is 0 Å². The van der Waals surface area contributed by atoms with E-state index in [0.717, 1.165) is 19.3 Å². The molecule has 4 heteroatoms. The Kier molecular flexibility index (Phi) is 3.93. The number of Topliss-reactive ketones (excluding diaryl/α,β-unsaturated/α-hetero) is 2. The van der Waals surface area contributed by atoms with E-state index in [0.29, 0.717) is 12.0 Å². The summed E-state index contributed by atoms with van der Waals surface area (Å²) < 4.78 is 6.33. The fraction of sp³-hybridized carbons (Fsp3) is 0.700. The molecular weight excluding hydrogens is 304 g/mol. The van der Waals surface area contributed by atoms with Gasteiger partial charge in [0.15, 0.2) is 17.2 Å². The van der Waals surface area contributed by atoms with Gasteiger partial charge in [-0.15, -0.1) is 0 Å². The molecule has 0 aromatic rings. The van der Waals surface area contributed by atoms with Crippen molar-refractivity contribution in [3.8, 4) is 0 Å². The zero-order valence-corrected chi connectivity index (χ0v) is 15.3. The summed E-state index contributed by atoms with van der Waals surface area (Å²) in [6.45, 7) is 9.80. The fourth-order valence-corrected chi connectivity index (χ4v) is 4.30. The van der Waals surface area contributed by atoms with Gasteiger partial charge in [0, 0.05) is 11.5 Å². The molecule has 3 rings (SSSR count). The average Bonchev–Trinajstić information content (AvgIpc) is 2.99. The van der Waals surface area contributed by atoms with Crippen LogP contribution in [0, 0.1) is 11.3 Å². The fourth-order valence-electron chi connectivity index (χ4n) is 4.30. The maximum absolute atomic E-state index is 13.0. The van der Waals surface area contributed by atoms with Crippen molar-refractivity contribution in [2.45, 2.75) is 77.6 Å². The summed E-state index contributed by atoms with van der Waals surface area (Å²) in [5.41, 5.74) is -1.85. The molecule has 0 aromatic heterocycles. The van der Waals surface area contributed by atoms with Crippen LogP contribution in [0.4, 0.5) is 0 Å². The Labute approximate surface area is 144 Å². The Morgan fingerprint density at radius 2 is 1.79 bits per heavy atom. The minimum atomic E-state index is -1.81. The largest absolute Gasteiger partial charge is 0.373 e. The van der Waals surface area contributed by atoms with Crippen LogP contribution in [0.2, 0.25) is 0 Å². The third-order valence-corrected chi connectivity index (χ3v) is 6.12. The second-order valence-corrected chi connectivity index (χ2v) is 8.73. The lowest BCUT2D eigenvalue weighted by Crippen LogP contribution is -2.42. The van der Waals surface area contributed by atoms with Gasteiger partial charge < -0.3 is 9.84 Å². The van der Waals surface area contributed by atoms with Crippen molar-refractivity contribution < 1.29 is 19.4 Å². The molecule has 2 bridgehead atoms. The molecule has 4 atom stereocenters. The Hall–Kier alpha value is -1.26. The Morgan fingerprint density at radius 3 is 2.46 bits per heavy atom. The van der Waals surface area contributed by atoms with Crippen molar-refractivity contribution in [3.05, 3.63) is 23.3 Å². The van der Waals surface area contributed by atoms with Crippen molar-refractivity contribution in [3.63, 3.8) is 0 Å². The molecule has 1 N–H and O–H groups in total. The highest BCUT2D eigenvalue weighted by Gasteiger charge is 2.51. The smallest absolute Gasteiger partial charge is 0.188 e. The summed E-state index contributed by atoms with van der Waals surface area (Å²) in [5.74, 6) is -0.835. The van der Waals surface area contributed by atoms with Gasteiger partial charge in [-0.1, -0.05) is 20.8 Å². The van der Waals surface area contributed by atoms with Gasteiger partial charge in [0.2, 0.25) is 0 Å². The SMILES string of the molecule is CC1=CC2(O)C(=O)C(C)CCC(C)(C)C3CCC(C)(C=C2C1=O)O3. The van der Waals surface area contributed by atoms with E-state index in [1.807, 2.05) is 13.8 Å². The predicted molar refractivity (Wildman–Crippen MR) is 91.5 cm³/mol. The molecule has 1 aliphatic carbocycles. The zero-order chi connectivity index (χ0) is 17.9. The third-order valence-electron chi connectivity index (χ3n) is 6.12. The molecule has 132 valence electrons. The first kappa shape index (κ1) is 17.6. The van der Waals surface area contributed by atoms with Crippen LogP contribution in [-0.2, 0) is 14.3 Å². The lowest BCUT2D eigenvalue weighted by Gasteiger charge is -2.33. The highest BCUT2D eigenvalue weighted by molar-refractivity contribution is 6.19. The predicted octanol–water partition coefficient (Wildman–Crippen LogP) is 3.14.